The molecule has 0 spiro atoms. The highest BCUT2D eigenvalue weighted by Crippen LogP contribution is 2.34. The van der Waals surface area contributed by atoms with Crippen LogP contribution in [0.15, 0.2) is 48.5 Å². The number of ether oxygens (including phenoxy) is 1. The molecule has 9 heteroatoms. The molecule has 0 bridgehead atoms. The molecule has 0 atom stereocenters. The van der Waals surface area contributed by atoms with Crippen molar-refractivity contribution >= 4 is 11.8 Å². The van der Waals surface area contributed by atoms with E-state index in [1.165, 1.54) is 32.0 Å². The van der Waals surface area contributed by atoms with Gasteiger partial charge >= 0.3 is 12.1 Å². The first kappa shape index (κ1) is 27.4. The van der Waals surface area contributed by atoms with Crippen molar-refractivity contribution in [3.63, 3.8) is 0 Å². The van der Waals surface area contributed by atoms with E-state index in [2.05, 4.69) is 11.8 Å². The van der Waals surface area contributed by atoms with Crippen LogP contribution in [0.2, 0.25) is 0 Å². The van der Waals surface area contributed by atoms with Crippen LogP contribution in [-0.4, -0.2) is 23.5 Å². The lowest BCUT2D eigenvalue weighted by atomic mass is 9.93. The van der Waals surface area contributed by atoms with Gasteiger partial charge in [-0.2, -0.15) is 13.2 Å². The van der Waals surface area contributed by atoms with E-state index in [1.807, 2.05) is 0 Å². The molecule has 3 rings (SSSR count). The first-order valence-corrected chi connectivity index (χ1v) is 11.1. The maximum absolute atomic E-state index is 14.9. The van der Waals surface area contributed by atoms with E-state index in [0.29, 0.717) is 6.07 Å². The topological polar surface area (TPSA) is 63.6 Å². The maximum atomic E-state index is 14.9. The van der Waals surface area contributed by atoms with Crippen molar-refractivity contribution in [2.45, 2.75) is 26.9 Å². The molecular weight excluding hydrogens is 495 g/mol. The van der Waals surface area contributed by atoms with Gasteiger partial charge in [-0.3, -0.25) is 4.79 Å². The molecule has 3 aromatic rings. The number of benzene rings is 3. The minimum atomic E-state index is -4.80. The first-order chi connectivity index (χ1) is 17.3. The Bertz CT molecular complexity index is 1410. The third-order valence-corrected chi connectivity index (χ3v) is 5.29. The molecule has 4 nitrogen and oxygen atoms in total. The predicted octanol–water partition coefficient (Wildman–Crippen LogP) is 6.77. The molecule has 1 N–H and O–H groups in total. The summed E-state index contributed by atoms with van der Waals surface area (Å²) in [4.78, 5) is 24.5. The van der Waals surface area contributed by atoms with Crippen LogP contribution in [0.4, 0.5) is 22.0 Å². The van der Waals surface area contributed by atoms with E-state index in [-0.39, 0.29) is 28.9 Å². The number of phenols is 1. The molecule has 192 valence electrons. The van der Waals surface area contributed by atoms with Crippen molar-refractivity contribution in [3.05, 3.63) is 88.0 Å². The van der Waals surface area contributed by atoms with Crippen LogP contribution in [0.1, 0.15) is 58.2 Å². The molecule has 0 radical (unpaired) electrons. The van der Waals surface area contributed by atoms with Crippen LogP contribution in [0.5, 0.6) is 5.75 Å². The van der Waals surface area contributed by atoms with E-state index < -0.39 is 57.9 Å². The molecule has 0 aromatic heterocycles. The molecule has 0 aliphatic heterocycles. The maximum Gasteiger partial charge on any atom is 0.417 e. The Morgan fingerprint density at radius 1 is 0.946 bits per heavy atom. The predicted molar refractivity (Wildman–Crippen MR) is 126 cm³/mol. The molecule has 37 heavy (non-hydrogen) atoms. The molecule has 0 aliphatic rings. The molecule has 3 aromatic carbocycles. The summed E-state index contributed by atoms with van der Waals surface area (Å²) in [6.07, 6.45) is -4.80. The van der Waals surface area contributed by atoms with Gasteiger partial charge in [0.2, 0.25) is 0 Å². The smallest absolute Gasteiger partial charge is 0.417 e. The molecule has 0 aliphatic carbocycles. The molecule has 0 saturated carbocycles. The van der Waals surface area contributed by atoms with E-state index in [4.69, 9.17) is 4.74 Å². The Morgan fingerprint density at radius 3 is 2.11 bits per heavy atom. The number of alkyl halides is 3. The monoisotopic (exact) mass is 516 g/mol. The second-order valence-corrected chi connectivity index (χ2v) is 8.29. The van der Waals surface area contributed by atoms with Gasteiger partial charge in [-0.25, -0.2) is 13.6 Å². The highest BCUT2D eigenvalue weighted by Gasteiger charge is 2.33. The number of phenolic OH excluding ortho intramolecular Hbond substituents is 1. The van der Waals surface area contributed by atoms with Crippen molar-refractivity contribution < 1.29 is 41.4 Å². The van der Waals surface area contributed by atoms with Gasteiger partial charge in [0.05, 0.1) is 23.3 Å². The Hall–Kier alpha value is -4.19. The summed E-state index contributed by atoms with van der Waals surface area (Å²) in [6, 6.07) is 8.24. The van der Waals surface area contributed by atoms with Crippen molar-refractivity contribution in [3.8, 4) is 28.7 Å². The average molecular weight is 516 g/mol. The number of hydrogen-bond donors (Lipinski definition) is 1. The molecule has 0 fully saturated rings. The number of Topliss-reactive ketones (excluding diaryl/α,β-unsaturated/α-hetero) is 1. The van der Waals surface area contributed by atoms with Gasteiger partial charge < -0.3 is 9.84 Å². The minimum Gasteiger partial charge on any atom is -0.508 e. The van der Waals surface area contributed by atoms with Gasteiger partial charge in [0.25, 0.3) is 0 Å². The zero-order chi connectivity index (χ0) is 27.5. The van der Waals surface area contributed by atoms with Gasteiger partial charge in [-0.15, -0.1) is 0 Å². The fourth-order valence-electron chi connectivity index (χ4n) is 3.50. The van der Waals surface area contributed by atoms with Crippen LogP contribution in [0.25, 0.3) is 11.1 Å². The summed E-state index contributed by atoms with van der Waals surface area (Å²) in [5.74, 6) is -0.0630. The molecule has 0 amide bonds. The minimum absolute atomic E-state index is 0.0196. The Labute approximate surface area is 209 Å². The lowest BCUT2D eigenvalue weighted by Gasteiger charge is -2.12. The summed E-state index contributed by atoms with van der Waals surface area (Å²) in [5.41, 5.74) is -2.31. The van der Waals surface area contributed by atoms with Crippen LogP contribution in [-0.2, 0) is 10.9 Å². The van der Waals surface area contributed by atoms with Crippen LogP contribution in [0.3, 0.4) is 0 Å². The van der Waals surface area contributed by atoms with Gasteiger partial charge in [-0.05, 0) is 66.6 Å². The molecule has 0 unspecified atom stereocenters. The second-order valence-electron chi connectivity index (χ2n) is 8.29. The van der Waals surface area contributed by atoms with E-state index >= 15 is 0 Å². The lowest BCUT2D eigenvalue weighted by Crippen LogP contribution is -2.12. The number of aromatic hydroxyl groups is 1. The summed E-state index contributed by atoms with van der Waals surface area (Å²) in [7, 11) is 0. The van der Waals surface area contributed by atoms with Crippen molar-refractivity contribution in [1.29, 1.82) is 0 Å². The quantitative estimate of drug-likeness (QED) is 0.176. The first-order valence-electron chi connectivity index (χ1n) is 11.1. The number of hydrogen-bond acceptors (Lipinski definition) is 4. The van der Waals surface area contributed by atoms with Crippen molar-refractivity contribution in [2.24, 2.45) is 5.92 Å². The highest BCUT2D eigenvalue weighted by atomic mass is 19.4. The third kappa shape index (κ3) is 6.15. The number of carbonyl (C=O) groups excluding carboxylic acids is 2. The summed E-state index contributed by atoms with van der Waals surface area (Å²) >= 11 is 0. The SMILES string of the molecule is CCOC(=O)c1ccc(C#Cc2ccc(O)cc2C(F)(F)F)c(-c2cc(F)c(C(=O)C(C)C)c(F)c2)c1. The standard InChI is InChI=1S/C28H21F5O4/c1-4-37-27(36)18-8-6-16(5-7-17-9-10-20(34)14-22(17)28(31,32)33)21(11-18)19-12-23(29)25(24(30)13-19)26(35)15(2)3/h6,8-15,34H,4H2,1-3H3. The second kappa shape index (κ2) is 10.8. The van der Waals surface area contributed by atoms with Gasteiger partial charge in [0, 0.05) is 17.0 Å². The fourth-order valence-corrected chi connectivity index (χ4v) is 3.50. The number of rotatable bonds is 5. The summed E-state index contributed by atoms with van der Waals surface area (Å²) in [5, 5.41) is 9.47. The number of ketones is 1. The fraction of sp³-hybridized carbons (Fsp3) is 0.214. The van der Waals surface area contributed by atoms with Crippen LogP contribution >= 0.6 is 0 Å². The van der Waals surface area contributed by atoms with Crippen molar-refractivity contribution in [1.82, 2.24) is 0 Å². The summed E-state index contributed by atoms with van der Waals surface area (Å²) in [6.45, 7) is 4.63. The van der Waals surface area contributed by atoms with Gasteiger partial charge in [0.15, 0.2) is 5.78 Å². The van der Waals surface area contributed by atoms with Gasteiger partial charge in [0.1, 0.15) is 17.4 Å². The van der Waals surface area contributed by atoms with Crippen molar-refractivity contribution in [2.75, 3.05) is 6.61 Å². The lowest BCUT2D eigenvalue weighted by molar-refractivity contribution is -0.137. The molecule has 0 heterocycles. The highest BCUT2D eigenvalue weighted by molar-refractivity contribution is 5.98. The Balaban J connectivity index is 2.22. The summed E-state index contributed by atoms with van der Waals surface area (Å²) < 4.78 is 74.9. The zero-order valence-electron chi connectivity index (χ0n) is 20.0. The van der Waals surface area contributed by atoms with Crippen LogP contribution in [0, 0.1) is 29.4 Å². The Morgan fingerprint density at radius 2 is 1.54 bits per heavy atom. The number of carbonyl (C=O) groups is 2. The normalized spacial score (nSPS) is 11.2. The Kier molecular flexibility index (Phi) is 8.02. The van der Waals surface area contributed by atoms with Crippen LogP contribution < -0.4 is 0 Å². The average Bonchev–Trinajstić information content (AvgIpc) is 2.82. The molecule has 0 saturated heterocycles. The third-order valence-electron chi connectivity index (χ3n) is 5.29. The van der Waals surface area contributed by atoms with E-state index in [9.17, 15) is 36.6 Å². The van der Waals surface area contributed by atoms with E-state index in [0.717, 1.165) is 24.3 Å². The van der Waals surface area contributed by atoms with E-state index in [1.54, 1.807) is 6.92 Å². The number of halogens is 5. The molecular formula is C28H21F5O4. The van der Waals surface area contributed by atoms with Gasteiger partial charge in [-0.1, -0.05) is 25.7 Å². The zero-order valence-corrected chi connectivity index (χ0v) is 20.0. The largest absolute Gasteiger partial charge is 0.508 e. The number of esters is 1.